The number of hydrogen-bond donors (Lipinski definition) is 0. The maximum Gasteiger partial charge on any atom is 0.210 e. The van der Waals surface area contributed by atoms with E-state index in [1.165, 1.54) is 0 Å². The normalized spacial score (nSPS) is 12.1. The summed E-state index contributed by atoms with van der Waals surface area (Å²) >= 11 is 3.13. The van der Waals surface area contributed by atoms with E-state index < -0.39 is 5.01 Å². The second-order valence-corrected chi connectivity index (χ2v) is 2.74. The zero-order chi connectivity index (χ0) is 8.10. The van der Waals surface area contributed by atoms with Crippen LogP contribution < -0.4 is 0 Å². The molecule has 0 spiro atoms. The molecule has 0 N–H and O–H groups in total. The van der Waals surface area contributed by atoms with Crippen LogP contribution in [0.15, 0.2) is 35.7 Å². The third kappa shape index (κ3) is 2.31. The molecule has 11 heavy (non-hydrogen) atoms. The minimum atomic E-state index is -0.443. The Kier molecular flexibility index (Phi) is 3.04. The molecule has 1 unspecified atom stereocenters. The standard InChI is InChI=1S/C7H6BrNO2/c8-7(11-9-10)6-4-2-1-3-5-6/h1-5,7H. The molecule has 0 saturated heterocycles. The van der Waals surface area contributed by atoms with Crippen LogP contribution in [-0.2, 0) is 4.84 Å². The van der Waals surface area contributed by atoms with Gasteiger partial charge in [-0.25, -0.2) is 0 Å². The highest BCUT2D eigenvalue weighted by molar-refractivity contribution is 9.09. The number of hydrogen-bond acceptors (Lipinski definition) is 3. The lowest BCUT2D eigenvalue weighted by atomic mass is 10.2. The van der Waals surface area contributed by atoms with Gasteiger partial charge in [0.25, 0.3) is 0 Å². The Morgan fingerprint density at radius 1 is 1.36 bits per heavy atom. The molecule has 0 radical (unpaired) electrons. The smallest absolute Gasteiger partial charge is 0.210 e. The van der Waals surface area contributed by atoms with Gasteiger partial charge in [0, 0.05) is 5.56 Å². The number of benzene rings is 1. The zero-order valence-corrected chi connectivity index (χ0v) is 7.19. The van der Waals surface area contributed by atoms with E-state index in [4.69, 9.17) is 0 Å². The molecule has 0 heterocycles. The monoisotopic (exact) mass is 215 g/mol. The third-order valence-electron chi connectivity index (χ3n) is 1.20. The van der Waals surface area contributed by atoms with Gasteiger partial charge in [0.15, 0.2) is 5.34 Å². The van der Waals surface area contributed by atoms with Crippen LogP contribution in [0.4, 0.5) is 0 Å². The van der Waals surface area contributed by atoms with Crippen molar-refractivity contribution < 1.29 is 4.84 Å². The molecule has 0 aliphatic rings. The second-order valence-electron chi connectivity index (χ2n) is 1.91. The minimum Gasteiger partial charge on any atom is -0.344 e. The lowest BCUT2D eigenvalue weighted by Gasteiger charge is -2.03. The SMILES string of the molecule is O=NOC(Br)c1ccccc1. The van der Waals surface area contributed by atoms with Crippen LogP contribution in [0.2, 0.25) is 0 Å². The highest BCUT2D eigenvalue weighted by Gasteiger charge is 2.06. The first-order chi connectivity index (χ1) is 5.34. The number of halogens is 1. The Labute approximate surface area is 72.4 Å². The van der Waals surface area contributed by atoms with Crippen molar-refractivity contribution in [2.45, 2.75) is 5.01 Å². The van der Waals surface area contributed by atoms with E-state index in [1.807, 2.05) is 30.3 Å². The predicted octanol–water partition coefficient (Wildman–Crippen LogP) is 2.78. The molecule has 3 nitrogen and oxygen atoms in total. The quantitative estimate of drug-likeness (QED) is 0.442. The number of alkyl halides is 1. The van der Waals surface area contributed by atoms with E-state index in [1.54, 1.807) is 0 Å². The fourth-order valence-electron chi connectivity index (χ4n) is 0.703. The molecule has 1 aromatic carbocycles. The predicted molar refractivity (Wildman–Crippen MR) is 45.0 cm³/mol. The van der Waals surface area contributed by atoms with Crippen molar-refractivity contribution in [3.8, 4) is 0 Å². The van der Waals surface area contributed by atoms with Gasteiger partial charge in [-0.05, 0) is 15.9 Å². The lowest BCUT2D eigenvalue weighted by molar-refractivity contribution is 0.122. The summed E-state index contributed by atoms with van der Waals surface area (Å²) in [5.74, 6) is 0. The molecule has 0 aliphatic carbocycles. The summed E-state index contributed by atoms with van der Waals surface area (Å²) in [4.78, 5) is 14.1. The van der Waals surface area contributed by atoms with Crippen molar-refractivity contribution in [1.82, 2.24) is 0 Å². The van der Waals surface area contributed by atoms with Gasteiger partial charge in [0.2, 0.25) is 5.01 Å². The van der Waals surface area contributed by atoms with Crippen LogP contribution in [0.25, 0.3) is 0 Å². The Morgan fingerprint density at radius 3 is 2.55 bits per heavy atom. The second kappa shape index (κ2) is 4.08. The molecule has 0 saturated carbocycles. The Morgan fingerprint density at radius 2 is 2.00 bits per heavy atom. The van der Waals surface area contributed by atoms with Gasteiger partial charge < -0.3 is 4.84 Å². The summed E-state index contributed by atoms with van der Waals surface area (Å²) in [7, 11) is 0. The van der Waals surface area contributed by atoms with Gasteiger partial charge >= 0.3 is 0 Å². The summed E-state index contributed by atoms with van der Waals surface area (Å²) in [5.41, 5.74) is 0.868. The van der Waals surface area contributed by atoms with Gasteiger partial charge in [0.05, 0.1) is 0 Å². The molecule has 0 aliphatic heterocycles. The van der Waals surface area contributed by atoms with Crippen LogP contribution in [0.5, 0.6) is 0 Å². The average Bonchev–Trinajstić information content (AvgIpc) is 2.07. The van der Waals surface area contributed by atoms with Crippen molar-refractivity contribution >= 4 is 15.9 Å². The first-order valence-electron chi connectivity index (χ1n) is 3.02. The van der Waals surface area contributed by atoms with E-state index in [2.05, 4.69) is 26.1 Å². The largest absolute Gasteiger partial charge is 0.344 e. The van der Waals surface area contributed by atoms with E-state index in [9.17, 15) is 4.91 Å². The highest BCUT2D eigenvalue weighted by atomic mass is 79.9. The Bertz CT molecular complexity index is 227. The van der Waals surface area contributed by atoms with Crippen LogP contribution in [-0.4, -0.2) is 0 Å². The molecular formula is C7H6BrNO2. The number of nitrogens with zero attached hydrogens (tertiary/aromatic N) is 1. The molecule has 0 fully saturated rings. The van der Waals surface area contributed by atoms with Crippen LogP contribution >= 0.6 is 15.9 Å². The molecule has 4 heteroatoms. The topological polar surface area (TPSA) is 38.7 Å². The van der Waals surface area contributed by atoms with Gasteiger partial charge in [-0.15, -0.1) is 4.91 Å². The summed E-state index contributed by atoms with van der Waals surface area (Å²) in [6.45, 7) is 0. The molecule has 1 rings (SSSR count). The molecule has 0 aromatic heterocycles. The number of rotatable bonds is 3. The fraction of sp³-hybridized carbons (Fsp3) is 0.143. The van der Waals surface area contributed by atoms with Crippen molar-refractivity contribution in [3.05, 3.63) is 40.8 Å². The van der Waals surface area contributed by atoms with Crippen LogP contribution in [0.1, 0.15) is 10.6 Å². The van der Waals surface area contributed by atoms with Crippen molar-refractivity contribution in [1.29, 1.82) is 0 Å². The Hall–Kier alpha value is -0.900. The molecular weight excluding hydrogens is 210 g/mol. The van der Waals surface area contributed by atoms with Crippen molar-refractivity contribution in [2.24, 2.45) is 5.34 Å². The van der Waals surface area contributed by atoms with E-state index in [-0.39, 0.29) is 0 Å². The van der Waals surface area contributed by atoms with Crippen LogP contribution in [0.3, 0.4) is 0 Å². The minimum absolute atomic E-state index is 0.443. The fourth-order valence-corrected chi connectivity index (χ4v) is 1.08. The first-order valence-corrected chi connectivity index (χ1v) is 3.93. The summed E-state index contributed by atoms with van der Waals surface area (Å²) in [6, 6.07) is 9.28. The van der Waals surface area contributed by atoms with E-state index in [0.29, 0.717) is 0 Å². The van der Waals surface area contributed by atoms with Gasteiger partial charge in [0.1, 0.15) is 0 Å². The lowest BCUT2D eigenvalue weighted by Crippen LogP contribution is -1.89. The zero-order valence-electron chi connectivity index (χ0n) is 5.61. The maximum absolute atomic E-state index is 9.69. The summed E-state index contributed by atoms with van der Waals surface area (Å²) < 4.78 is 0. The molecule has 1 atom stereocenters. The van der Waals surface area contributed by atoms with E-state index >= 15 is 0 Å². The summed E-state index contributed by atoms with van der Waals surface area (Å²) in [6.07, 6.45) is 0. The first kappa shape index (κ1) is 8.20. The van der Waals surface area contributed by atoms with Gasteiger partial charge in [-0.2, -0.15) is 0 Å². The Balaban J connectivity index is 2.68. The molecule has 0 bridgehead atoms. The van der Waals surface area contributed by atoms with E-state index in [0.717, 1.165) is 5.56 Å². The molecule has 0 amide bonds. The van der Waals surface area contributed by atoms with Crippen molar-refractivity contribution in [2.75, 3.05) is 0 Å². The maximum atomic E-state index is 9.69. The molecule has 58 valence electrons. The average molecular weight is 216 g/mol. The highest BCUT2D eigenvalue weighted by Crippen LogP contribution is 2.23. The van der Waals surface area contributed by atoms with Crippen molar-refractivity contribution in [3.63, 3.8) is 0 Å². The van der Waals surface area contributed by atoms with Gasteiger partial charge in [-0.3, -0.25) is 0 Å². The van der Waals surface area contributed by atoms with Gasteiger partial charge in [-0.1, -0.05) is 30.3 Å². The molecule has 1 aromatic rings. The summed E-state index contributed by atoms with van der Waals surface area (Å²) in [5, 5.41) is 1.87. The van der Waals surface area contributed by atoms with Crippen LogP contribution in [0, 0.1) is 4.91 Å². The third-order valence-corrected chi connectivity index (χ3v) is 1.89.